The number of nitrogens with zero attached hydrogens (tertiary/aromatic N) is 1. The zero-order chi connectivity index (χ0) is 17.7. The van der Waals surface area contributed by atoms with Gasteiger partial charge in [0.2, 0.25) is 10.0 Å². The molecule has 25 heavy (non-hydrogen) atoms. The molecule has 0 radical (unpaired) electrons. The van der Waals surface area contributed by atoms with Crippen molar-refractivity contribution in [2.24, 2.45) is 10.6 Å². The van der Waals surface area contributed by atoms with E-state index in [9.17, 15) is 8.42 Å². The lowest BCUT2D eigenvalue weighted by Crippen LogP contribution is -2.22. The van der Waals surface area contributed by atoms with Crippen LogP contribution < -0.4 is 5.14 Å². The normalized spacial score (nSPS) is 18.6. The molecule has 0 unspecified atom stereocenters. The molecule has 2 aromatic rings. The summed E-state index contributed by atoms with van der Waals surface area (Å²) in [6.07, 6.45) is 10.1. The molecular weight excluding hydrogens is 332 g/mol. The van der Waals surface area contributed by atoms with E-state index >= 15 is 0 Å². The van der Waals surface area contributed by atoms with Crippen LogP contribution in [-0.4, -0.2) is 13.4 Å². The molecule has 128 valence electrons. The third-order valence-electron chi connectivity index (χ3n) is 5.12. The molecule has 4 nitrogen and oxygen atoms in total. The van der Waals surface area contributed by atoms with Crippen molar-refractivity contribution in [2.45, 2.75) is 31.1 Å². The number of hydrogen-bond donors (Lipinski definition) is 1. The second-order valence-corrected chi connectivity index (χ2v) is 8.55. The van der Waals surface area contributed by atoms with Gasteiger partial charge in [-0.1, -0.05) is 36.8 Å². The lowest BCUT2D eigenvalue weighted by Gasteiger charge is -2.34. The zero-order valence-electron chi connectivity index (χ0n) is 14.1. The summed E-state index contributed by atoms with van der Waals surface area (Å²) < 4.78 is 23.0. The summed E-state index contributed by atoms with van der Waals surface area (Å²) in [6, 6.07) is 10.9. The Morgan fingerprint density at radius 1 is 1.00 bits per heavy atom. The summed E-state index contributed by atoms with van der Waals surface area (Å²) in [5, 5.41) is 5.20. The fraction of sp³-hybridized carbons (Fsp3) is 0.250. The van der Waals surface area contributed by atoms with Crippen molar-refractivity contribution in [1.29, 1.82) is 0 Å². The number of rotatable bonds is 3. The quantitative estimate of drug-likeness (QED) is 0.915. The van der Waals surface area contributed by atoms with Crippen LogP contribution in [0.25, 0.3) is 11.1 Å². The minimum Gasteiger partial charge on any atom is -0.256 e. The number of allylic oxidation sites excluding steroid dienone is 4. The number of benzene rings is 1. The summed E-state index contributed by atoms with van der Waals surface area (Å²) >= 11 is 0. The average molecular weight is 352 g/mol. The van der Waals surface area contributed by atoms with Crippen LogP contribution in [0.5, 0.6) is 0 Å². The molecule has 0 aliphatic heterocycles. The predicted octanol–water partition coefficient (Wildman–Crippen LogP) is 3.69. The van der Waals surface area contributed by atoms with Gasteiger partial charge in [0.05, 0.1) is 10.6 Å². The van der Waals surface area contributed by atoms with E-state index in [1.165, 1.54) is 6.42 Å². The summed E-state index contributed by atoms with van der Waals surface area (Å²) in [5.41, 5.74) is 5.46. The molecule has 0 atom stereocenters. The van der Waals surface area contributed by atoms with Crippen LogP contribution in [0, 0.1) is 12.3 Å². The van der Waals surface area contributed by atoms with E-state index in [1.54, 1.807) is 12.1 Å². The van der Waals surface area contributed by atoms with Crippen LogP contribution in [0.3, 0.4) is 0 Å². The molecule has 0 amide bonds. The van der Waals surface area contributed by atoms with Crippen LogP contribution in [0.2, 0.25) is 0 Å². The molecule has 2 N–H and O–H groups in total. The summed E-state index contributed by atoms with van der Waals surface area (Å²) in [4.78, 5) is 4.72. The number of hydrogen-bond acceptors (Lipinski definition) is 3. The molecule has 0 saturated heterocycles. The summed E-state index contributed by atoms with van der Waals surface area (Å²) in [6.45, 7) is 2.02. The van der Waals surface area contributed by atoms with Crippen molar-refractivity contribution in [2.75, 3.05) is 0 Å². The number of primary sulfonamides is 1. The van der Waals surface area contributed by atoms with Crippen LogP contribution in [0.4, 0.5) is 0 Å². The van der Waals surface area contributed by atoms with Crippen LogP contribution in [0.15, 0.2) is 59.6 Å². The first-order chi connectivity index (χ1) is 11.9. The second-order valence-electron chi connectivity index (χ2n) is 6.99. The Bertz CT molecular complexity index is 981. The third kappa shape index (κ3) is 2.94. The fourth-order valence-corrected chi connectivity index (χ4v) is 4.06. The Morgan fingerprint density at radius 3 is 2.20 bits per heavy atom. The molecule has 4 rings (SSSR count). The summed E-state index contributed by atoms with van der Waals surface area (Å²) in [5.74, 6) is 0. The molecule has 0 bridgehead atoms. The van der Waals surface area contributed by atoms with Crippen molar-refractivity contribution in [3.63, 3.8) is 0 Å². The van der Waals surface area contributed by atoms with Gasteiger partial charge in [0, 0.05) is 17.2 Å². The van der Waals surface area contributed by atoms with E-state index in [0.717, 1.165) is 40.8 Å². The lowest BCUT2D eigenvalue weighted by atomic mass is 9.70. The van der Waals surface area contributed by atoms with E-state index in [0.29, 0.717) is 0 Å². The second kappa shape index (κ2) is 5.64. The Morgan fingerprint density at radius 2 is 1.68 bits per heavy atom. The minimum absolute atomic E-state index is 0.132. The van der Waals surface area contributed by atoms with Crippen LogP contribution in [-0.2, 0) is 10.0 Å². The van der Waals surface area contributed by atoms with Gasteiger partial charge < -0.3 is 0 Å². The van der Waals surface area contributed by atoms with Crippen molar-refractivity contribution < 1.29 is 8.42 Å². The highest BCUT2D eigenvalue weighted by Gasteiger charge is 2.38. The van der Waals surface area contributed by atoms with Gasteiger partial charge in [0.25, 0.3) is 0 Å². The highest BCUT2D eigenvalue weighted by Crippen LogP contribution is 2.53. The standard InChI is InChI=1S/C20H20N2O2S/c1-14-3-8-19(22-13-14)18-12-20(9-2-10-20)11-17(18)15-4-6-16(7-5-15)25(21,23)24/h3-8,11-13H,2,9-10H2,1H3,(H2,21,23,24). The molecule has 5 heteroatoms. The molecule has 1 fully saturated rings. The van der Waals surface area contributed by atoms with Gasteiger partial charge in [0.15, 0.2) is 0 Å². The van der Waals surface area contributed by atoms with Gasteiger partial charge in [0.1, 0.15) is 0 Å². The number of sulfonamides is 1. The maximum Gasteiger partial charge on any atom is 0.238 e. The number of nitrogens with two attached hydrogens (primary N) is 1. The fourth-order valence-electron chi connectivity index (χ4n) is 3.55. The van der Waals surface area contributed by atoms with Crippen LogP contribution in [0.1, 0.15) is 36.1 Å². The SMILES string of the molecule is Cc1ccc(C2=CC3(C=C2c2ccc(S(N)(=O)=O)cc2)CCC3)nc1. The monoisotopic (exact) mass is 352 g/mol. The van der Waals surface area contributed by atoms with Crippen molar-refractivity contribution >= 4 is 21.2 Å². The topological polar surface area (TPSA) is 73.1 Å². The van der Waals surface area contributed by atoms with E-state index < -0.39 is 10.0 Å². The Kier molecular flexibility index (Phi) is 3.67. The third-order valence-corrected chi connectivity index (χ3v) is 6.05. The largest absolute Gasteiger partial charge is 0.256 e. The zero-order valence-corrected chi connectivity index (χ0v) is 14.9. The van der Waals surface area contributed by atoms with Crippen LogP contribution >= 0.6 is 0 Å². The maximum atomic E-state index is 11.5. The van der Waals surface area contributed by atoms with E-state index in [1.807, 2.05) is 31.3 Å². The Hall–Kier alpha value is -2.24. The van der Waals surface area contributed by atoms with E-state index in [-0.39, 0.29) is 10.3 Å². The van der Waals surface area contributed by atoms with Gasteiger partial charge in [-0.2, -0.15) is 0 Å². The first-order valence-corrected chi connectivity index (χ1v) is 9.93. The average Bonchev–Trinajstić information content (AvgIpc) is 2.96. The van der Waals surface area contributed by atoms with E-state index in [4.69, 9.17) is 5.14 Å². The predicted molar refractivity (Wildman–Crippen MR) is 99.0 cm³/mol. The Labute approximate surface area is 148 Å². The van der Waals surface area contributed by atoms with Crippen molar-refractivity contribution in [3.05, 3.63) is 71.6 Å². The molecule has 1 aromatic heterocycles. The summed E-state index contributed by atoms with van der Waals surface area (Å²) in [7, 11) is -3.68. The number of aromatic nitrogens is 1. The lowest BCUT2D eigenvalue weighted by molar-refractivity contribution is 0.282. The number of aryl methyl sites for hydroxylation is 1. The van der Waals surface area contributed by atoms with Crippen molar-refractivity contribution in [3.8, 4) is 0 Å². The highest BCUT2D eigenvalue weighted by atomic mass is 32.2. The number of pyridine rings is 1. The molecule has 1 heterocycles. The molecule has 1 saturated carbocycles. The molecule has 2 aliphatic rings. The molecule has 1 spiro atoms. The maximum absolute atomic E-state index is 11.5. The highest BCUT2D eigenvalue weighted by molar-refractivity contribution is 7.89. The van der Waals surface area contributed by atoms with Gasteiger partial charge >= 0.3 is 0 Å². The van der Waals surface area contributed by atoms with Gasteiger partial charge in [-0.25, -0.2) is 13.6 Å². The molecule has 2 aliphatic carbocycles. The van der Waals surface area contributed by atoms with Gasteiger partial charge in [-0.05, 0) is 54.7 Å². The first kappa shape index (κ1) is 16.2. The Balaban J connectivity index is 1.77. The van der Waals surface area contributed by atoms with Crippen molar-refractivity contribution in [1.82, 2.24) is 4.98 Å². The first-order valence-electron chi connectivity index (χ1n) is 8.39. The molecular formula is C20H20N2O2S. The smallest absolute Gasteiger partial charge is 0.238 e. The van der Waals surface area contributed by atoms with Gasteiger partial charge in [-0.15, -0.1) is 0 Å². The molecule has 1 aromatic carbocycles. The minimum atomic E-state index is -3.68. The van der Waals surface area contributed by atoms with Gasteiger partial charge in [-0.3, -0.25) is 4.98 Å². The van der Waals surface area contributed by atoms with E-state index in [2.05, 4.69) is 23.2 Å².